The van der Waals surface area contributed by atoms with E-state index in [9.17, 15) is 0 Å². The molecule has 0 bridgehead atoms. The zero-order valence-corrected chi connectivity index (χ0v) is 49.0. The maximum atomic E-state index is 4.95. The second kappa shape index (κ2) is 76.8. The molecule has 0 nitrogen and oxygen atoms in total. The Hall–Kier alpha value is 1.59. The Kier molecular flexibility index (Phi) is 86.9. The fourth-order valence-corrected chi connectivity index (χ4v) is 9.35. The van der Waals surface area contributed by atoms with Gasteiger partial charge in [-0.15, -0.1) is 0 Å². The van der Waals surface area contributed by atoms with E-state index in [-0.39, 0.29) is 0 Å². The van der Waals surface area contributed by atoms with Gasteiger partial charge in [0.15, 0.2) is 0 Å². The van der Waals surface area contributed by atoms with E-state index in [1.54, 1.807) is 0 Å². The Morgan fingerprint density at radius 1 is 0.226 bits per heavy atom. The molecule has 0 aliphatic heterocycles. The SMILES string of the molecule is CCC=[CH][Sn+3].CCCCCCCCCCCCCCCCCC[S-].CCCCCCCCCCCCCCCCCC[S-].CCCCCCCCCCCCCCCCCC[S-]. The maximum Gasteiger partial charge on any atom is -0.0533 e. The van der Waals surface area contributed by atoms with E-state index in [2.05, 4.69) is 37.9 Å². The molecule has 0 aliphatic carbocycles. The first-order valence-corrected chi connectivity index (χ1v) is 32.1. The number of hydrogen-bond donors (Lipinski definition) is 0. The number of allylic oxidation sites excluding steroid dienone is 1. The molecule has 0 N–H and O–H groups in total. The van der Waals surface area contributed by atoms with Gasteiger partial charge in [-0.1, -0.05) is 329 Å². The summed E-state index contributed by atoms with van der Waals surface area (Å²) in [5.74, 6) is 2.87. The van der Waals surface area contributed by atoms with E-state index >= 15 is 0 Å². The van der Waals surface area contributed by atoms with Crippen LogP contribution in [0, 0.1) is 0 Å². The van der Waals surface area contributed by atoms with Gasteiger partial charge in [-0.3, -0.25) is 0 Å². The van der Waals surface area contributed by atoms with Crippen molar-refractivity contribution >= 4 is 60.4 Å². The van der Waals surface area contributed by atoms with Crippen molar-refractivity contribution in [2.24, 2.45) is 0 Å². The number of unbranched alkanes of at least 4 members (excludes halogenated alkanes) is 45. The molecule has 0 rings (SSSR count). The third-order valence-corrected chi connectivity index (χ3v) is 13.9. The van der Waals surface area contributed by atoms with Crippen LogP contribution in [0.2, 0.25) is 0 Å². The van der Waals surface area contributed by atoms with Gasteiger partial charge >= 0.3 is 46.0 Å². The minimum Gasteiger partial charge on any atom is -0.793 e. The van der Waals surface area contributed by atoms with Gasteiger partial charge < -0.3 is 37.9 Å². The van der Waals surface area contributed by atoms with Crippen LogP contribution in [0.15, 0.2) is 10.2 Å². The summed E-state index contributed by atoms with van der Waals surface area (Å²) in [7, 11) is 0. The molecule has 0 heterocycles. The van der Waals surface area contributed by atoms with Gasteiger partial charge in [0.2, 0.25) is 0 Å². The van der Waals surface area contributed by atoms with Gasteiger partial charge in [0.1, 0.15) is 0 Å². The monoisotopic (exact) mass is 1030 g/mol. The topological polar surface area (TPSA) is 0 Å². The molecule has 0 unspecified atom stereocenters. The molecule has 0 aliphatic rings. The number of hydrogen-bond acceptors (Lipinski definition) is 3. The molecule has 0 spiro atoms. The fraction of sp³-hybridized carbons (Fsp3) is 0.966. The molecule has 4 heteroatoms. The molecule has 0 fully saturated rings. The van der Waals surface area contributed by atoms with Crippen molar-refractivity contribution in [2.45, 2.75) is 342 Å². The van der Waals surface area contributed by atoms with Crippen LogP contribution in [-0.2, 0) is 37.9 Å². The molecule has 0 amide bonds. The van der Waals surface area contributed by atoms with Crippen molar-refractivity contribution in [1.82, 2.24) is 0 Å². The van der Waals surface area contributed by atoms with Gasteiger partial charge in [-0.2, -0.15) is 17.3 Å². The molecule has 0 saturated heterocycles. The Balaban J connectivity index is -0.000000385. The van der Waals surface area contributed by atoms with E-state index in [0.717, 1.165) is 17.3 Å². The van der Waals surface area contributed by atoms with E-state index in [4.69, 9.17) is 37.9 Å². The first kappa shape index (κ1) is 70.2. The van der Waals surface area contributed by atoms with E-state index < -0.39 is 0 Å². The van der Waals surface area contributed by atoms with Crippen molar-refractivity contribution in [3.63, 3.8) is 0 Å². The van der Waals surface area contributed by atoms with E-state index in [1.165, 1.54) is 337 Å². The van der Waals surface area contributed by atoms with Crippen LogP contribution >= 0.6 is 0 Å². The zero-order chi connectivity index (χ0) is 46.2. The summed E-state index contributed by atoms with van der Waals surface area (Å²) in [6.45, 7) is 9.01. The Bertz CT molecular complexity index is 557. The molecule has 0 saturated carbocycles. The molecule has 0 aromatic heterocycles. The molecular weight excluding hydrogens is 912 g/mol. The zero-order valence-electron chi connectivity index (χ0n) is 43.6. The van der Waals surface area contributed by atoms with Crippen LogP contribution < -0.4 is 0 Å². The van der Waals surface area contributed by atoms with Crippen LogP contribution in [0.25, 0.3) is 0 Å². The summed E-state index contributed by atoms with van der Waals surface area (Å²) in [4.78, 5) is 0. The number of rotatable bonds is 49. The minimum atomic E-state index is 0.957. The Morgan fingerprint density at radius 2 is 0.355 bits per heavy atom. The van der Waals surface area contributed by atoms with Gasteiger partial charge in [-0.05, 0) is 0 Å². The van der Waals surface area contributed by atoms with Crippen molar-refractivity contribution in [2.75, 3.05) is 17.3 Å². The first-order chi connectivity index (χ1) is 30.7. The predicted octanol–water partition coefficient (Wildman–Crippen LogP) is 21.5. The van der Waals surface area contributed by atoms with E-state index in [0.29, 0.717) is 0 Å². The van der Waals surface area contributed by atoms with Crippen molar-refractivity contribution in [3.05, 3.63) is 10.2 Å². The Morgan fingerprint density at radius 3 is 0.435 bits per heavy atom. The predicted molar refractivity (Wildman–Crippen MR) is 301 cm³/mol. The van der Waals surface area contributed by atoms with Crippen molar-refractivity contribution in [3.8, 4) is 0 Å². The molecular formula is C58H118S3Sn. The summed E-state index contributed by atoms with van der Waals surface area (Å²) in [5, 5.41) is 0. The fourth-order valence-electron chi connectivity index (χ4n) is 8.07. The minimum absolute atomic E-state index is 0.957. The van der Waals surface area contributed by atoms with Crippen LogP contribution in [0.1, 0.15) is 342 Å². The summed E-state index contributed by atoms with van der Waals surface area (Å²) < 4.78 is 2.15. The molecule has 62 heavy (non-hydrogen) atoms. The van der Waals surface area contributed by atoms with Gasteiger partial charge in [0.05, 0.1) is 0 Å². The summed E-state index contributed by atoms with van der Waals surface area (Å²) >= 11 is 16.4. The van der Waals surface area contributed by atoms with E-state index in [1.807, 2.05) is 0 Å². The molecule has 0 aromatic carbocycles. The molecule has 372 valence electrons. The van der Waals surface area contributed by atoms with Gasteiger partial charge in [0.25, 0.3) is 0 Å². The van der Waals surface area contributed by atoms with Crippen molar-refractivity contribution < 1.29 is 0 Å². The Labute approximate surface area is 427 Å². The standard InChI is InChI=1S/3C18H38S.C4H7.Sn/c3*1-2-3-4-5-6-7-8-9-10-11-12-13-14-15-16-17-18-19;1-3-4-2;/h3*19H,2-18H2,1H3;1,3H,4H2,2H3;/q;;;;+3/p-3. The van der Waals surface area contributed by atoms with Gasteiger partial charge in [0, 0.05) is 0 Å². The van der Waals surface area contributed by atoms with Crippen LogP contribution in [0.5, 0.6) is 0 Å². The third-order valence-electron chi connectivity index (χ3n) is 12.3. The molecule has 0 atom stereocenters. The smallest absolute Gasteiger partial charge is 0.0533 e. The van der Waals surface area contributed by atoms with Crippen LogP contribution in [-0.4, -0.2) is 39.8 Å². The summed E-state index contributed by atoms with van der Waals surface area (Å²) in [6.07, 6.45) is 72.3. The van der Waals surface area contributed by atoms with Crippen LogP contribution in [0.4, 0.5) is 0 Å². The second-order valence-corrected chi connectivity index (χ2v) is 21.0. The summed E-state index contributed by atoms with van der Waals surface area (Å²) in [5.41, 5.74) is 0. The normalized spacial score (nSPS) is 11.0. The largest absolute Gasteiger partial charge is 0.793 e. The maximum absolute atomic E-state index is 4.95. The first-order valence-electron chi connectivity index (χ1n) is 28.7. The molecule has 0 aromatic rings. The third kappa shape index (κ3) is 85.0. The average molecular weight is 1030 g/mol. The summed E-state index contributed by atoms with van der Waals surface area (Å²) in [6, 6.07) is 0. The van der Waals surface area contributed by atoms with Crippen LogP contribution in [0.3, 0.4) is 0 Å². The quantitative estimate of drug-likeness (QED) is 0.0339. The van der Waals surface area contributed by atoms with Gasteiger partial charge in [-0.25, -0.2) is 0 Å². The average Bonchev–Trinajstić information content (AvgIpc) is 3.28. The molecule has 0 radical (unpaired) electrons. The second-order valence-electron chi connectivity index (χ2n) is 18.8. The van der Waals surface area contributed by atoms with Crippen molar-refractivity contribution in [1.29, 1.82) is 0 Å².